The summed E-state index contributed by atoms with van der Waals surface area (Å²) in [6.07, 6.45) is 7.78. The lowest BCUT2D eigenvalue weighted by Gasteiger charge is -2.29. The summed E-state index contributed by atoms with van der Waals surface area (Å²) in [5.41, 5.74) is 0. The van der Waals surface area contributed by atoms with E-state index < -0.39 is 0 Å². The van der Waals surface area contributed by atoms with Gasteiger partial charge in [0.25, 0.3) is 0 Å². The Kier molecular flexibility index (Phi) is 2.94. The maximum atomic E-state index is 5.46. The Morgan fingerprint density at radius 3 is 2.84 bits per heavy atom. The van der Waals surface area contributed by atoms with Crippen LogP contribution in [0.2, 0.25) is 0 Å². The molecule has 0 amide bonds. The highest BCUT2D eigenvalue weighted by molar-refractivity contribution is 5.29. The summed E-state index contributed by atoms with van der Waals surface area (Å²) in [5.74, 6) is 3.20. The second-order valence-corrected chi connectivity index (χ2v) is 6.13. The third-order valence-corrected chi connectivity index (χ3v) is 4.92. The molecule has 2 fully saturated rings. The number of hydrogen-bond donors (Lipinski definition) is 1. The maximum Gasteiger partial charge on any atom is 0.221 e. The Bertz CT molecular complexity index is 446. The number of nitrogens with zero attached hydrogens (tertiary/aromatic N) is 3. The summed E-state index contributed by atoms with van der Waals surface area (Å²) in [7, 11) is 0. The number of ether oxygens (including phenoxy) is 1. The van der Waals surface area contributed by atoms with Crippen molar-refractivity contribution in [3.63, 3.8) is 0 Å². The molecule has 5 nitrogen and oxygen atoms in total. The van der Waals surface area contributed by atoms with Gasteiger partial charge in [-0.1, -0.05) is 12.8 Å². The molecule has 2 unspecified atom stereocenters. The summed E-state index contributed by atoms with van der Waals surface area (Å²) in [4.78, 5) is 4.72. The molecule has 1 saturated carbocycles. The van der Waals surface area contributed by atoms with E-state index in [0.29, 0.717) is 12.0 Å². The van der Waals surface area contributed by atoms with Gasteiger partial charge in [-0.3, -0.25) is 0 Å². The lowest BCUT2D eigenvalue weighted by molar-refractivity contribution is 0.193. The number of fused-ring (bicyclic) bond motifs is 1. The lowest BCUT2D eigenvalue weighted by Crippen LogP contribution is -2.28. The van der Waals surface area contributed by atoms with Gasteiger partial charge in [0, 0.05) is 19.1 Å². The molecule has 2 aliphatic heterocycles. The standard InChI is InChI=1S/C14H22N4O/c1-2-4-10(3-1)12-5-7-15-14-16-13(17-18(12)14)11-6-8-19-9-11/h10-12H,1-9H2,(H,15,16,17). The van der Waals surface area contributed by atoms with E-state index in [2.05, 4.69) is 10.00 Å². The first-order valence-electron chi connectivity index (χ1n) is 7.70. The van der Waals surface area contributed by atoms with Crippen LogP contribution < -0.4 is 5.32 Å². The SMILES string of the molecule is C1CCC(C2CCNc3nc(C4CCOC4)nn32)C1. The summed E-state index contributed by atoms with van der Waals surface area (Å²) in [6, 6.07) is 0.572. The van der Waals surface area contributed by atoms with Crippen LogP contribution in [0.4, 0.5) is 5.95 Å². The number of aromatic nitrogens is 3. The number of rotatable bonds is 2. The second kappa shape index (κ2) is 4.78. The van der Waals surface area contributed by atoms with E-state index in [-0.39, 0.29) is 0 Å². The number of hydrogen-bond acceptors (Lipinski definition) is 4. The normalized spacial score (nSPS) is 31.4. The molecule has 3 heterocycles. The minimum absolute atomic E-state index is 0.407. The fraction of sp³-hybridized carbons (Fsp3) is 0.857. The molecule has 0 radical (unpaired) electrons. The molecule has 1 N–H and O–H groups in total. The van der Waals surface area contributed by atoms with Crippen molar-refractivity contribution in [3.8, 4) is 0 Å². The Morgan fingerprint density at radius 1 is 1.16 bits per heavy atom. The van der Waals surface area contributed by atoms with Crippen molar-refractivity contribution in [2.75, 3.05) is 25.1 Å². The van der Waals surface area contributed by atoms with Crippen LogP contribution in [0.3, 0.4) is 0 Å². The molecular formula is C14H22N4O. The van der Waals surface area contributed by atoms with Crippen molar-refractivity contribution in [2.24, 2.45) is 5.92 Å². The Hall–Kier alpha value is -1.10. The summed E-state index contributed by atoms with van der Waals surface area (Å²) >= 11 is 0. The minimum atomic E-state index is 0.407. The van der Waals surface area contributed by atoms with Crippen LogP contribution in [0.1, 0.15) is 56.3 Å². The van der Waals surface area contributed by atoms with Crippen LogP contribution in [0, 0.1) is 5.92 Å². The van der Waals surface area contributed by atoms with Gasteiger partial charge in [0.1, 0.15) is 0 Å². The molecule has 1 saturated heterocycles. The highest BCUT2D eigenvalue weighted by Gasteiger charge is 2.33. The first-order chi connectivity index (χ1) is 9.42. The largest absolute Gasteiger partial charge is 0.381 e. The van der Waals surface area contributed by atoms with Crippen molar-refractivity contribution in [1.82, 2.24) is 14.8 Å². The van der Waals surface area contributed by atoms with E-state index in [4.69, 9.17) is 14.8 Å². The van der Waals surface area contributed by atoms with Gasteiger partial charge >= 0.3 is 0 Å². The van der Waals surface area contributed by atoms with E-state index in [0.717, 1.165) is 43.9 Å². The van der Waals surface area contributed by atoms with Gasteiger partial charge in [0.15, 0.2) is 5.82 Å². The highest BCUT2D eigenvalue weighted by Crippen LogP contribution is 2.39. The molecule has 0 spiro atoms. The van der Waals surface area contributed by atoms with Crippen LogP contribution in [-0.4, -0.2) is 34.5 Å². The van der Waals surface area contributed by atoms with Crippen LogP contribution in [0.25, 0.3) is 0 Å². The minimum Gasteiger partial charge on any atom is -0.381 e. The highest BCUT2D eigenvalue weighted by atomic mass is 16.5. The summed E-state index contributed by atoms with van der Waals surface area (Å²) in [5, 5.41) is 8.23. The quantitative estimate of drug-likeness (QED) is 0.888. The molecule has 3 aliphatic rings. The van der Waals surface area contributed by atoms with Crippen molar-refractivity contribution in [3.05, 3.63) is 5.82 Å². The molecule has 19 heavy (non-hydrogen) atoms. The van der Waals surface area contributed by atoms with E-state index in [1.165, 1.54) is 32.1 Å². The van der Waals surface area contributed by atoms with Gasteiger partial charge in [-0.05, 0) is 31.6 Å². The third kappa shape index (κ3) is 2.04. The monoisotopic (exact) mass is 262 g/mol. The average molecular weight is 262 g/mol. The van der Waals surface area contributed by atoms with E-state index in [1.807, 2.05) is 0 Å². The molecule has 104 valence electrons. The predicted octanol–water partition coefficient (Wildman–Crippen LogP) is 2.33. The topological polar surface area (TPSA) is 52.0 Å². The average Bonchev–Trinajstić information content (AvgIpc) is 3.18. The van der Waals surface area contributed by atoms with Crippen LogP contribution in [-0.2, 0) is 4.74 Å². The third-order valence-electron chi connectivity index (χ3n) is 4.92. The molecule has 1 aromatic heterocycles. The number of nitrogens with one attached hydrogen (secondary N) is 1. The van der Waals surface area contributed by atoms with Gasteiger partial charge in [0.05, 0.1) is 12.6 Å². The molecule has 2 atom stereocenters. The van der Waals surface area contributed by atoms with Crippen LogP contribution in [0.15, 0.2) is 0 Å². The van der Waals surface area contributed by atoms with Gasteiger partial charge in [-0.15, -0.1) is 0 Å². The van der Waals surface area contributed by atoms with E-state index in [1.54, 1.807) is 0 Å². The summed E-state index contributed by atoms with van der Waals surface area (Å²) in [6.45, 7) is 2.69. The number of anilines is 1. The molecule has 1 aromatic rings. The maximum absolute atomic E-state index is 5.46. The smallest absolute Gasteiger partial charge is 0.221 e. The van der Waals surface area contributed by atoms with Crippen molar-refractivity contribution in [1.29, 1.82) is 0 Å². The van der Waals surface area contributed by atoms with Crippen molar-refractivity contribution >= 4 is 5.95 Å². The van der Waals surface area contributed by atoms with Gasteiger partial charge in [-0.25, -0.2) is 4.68 Å². The molecule has 0 aromatic carbocycles. The Labute approximate surface area is 113 Å². The Morgan fingerprint density at radius 2 is 2.05 bits per heavy atom. The van der Waals surface area contributed by atoms with Gasteiger partial charge < -0.3 is 10.1 Å². The molecular weight excluding hydrogens is 240 g/mol. The van der Waals surface area contributed by atoms with Crippen LogP contribution in [0.5, 0.6) is 0 Å². The second-order valence-electron chi connectivity index (χ2n) is 6.13. The first-order valence-corrected chi connectivity index (χ1v) is 7.70. The molecule has 5 heteroatoms. The lowest BCUT2D eigenvalue weighted by atomic mass is 9.95. The zero-order valence-electron chi connectivity index (χ0n) is 11.3. The Balaban J connectivity index is 1.62. The van der Waals surface area contributed by atoms with Gasteiger partial charge in [0.2, 0.25) is 5.95 Å². The molecule has 1 aliphatic carbocycles. The van der Waals surface area contributed by atoms with Crippen molar-refractivity contribution < 1.29 is 4.74 Å². The predicted molar refractivity (Wildman–Crippen MR) is 72.3 cm³/mol. The zero-order valence-corrected chi connectivity index (χ0v) is 11.3. The molecule has 0 bridgehead atoms. The zero-order chi connectivity index (χ0) is 12.7. The summed E-state index contributed by atoms with van der Waals surface area (Å²) < 4.78 is 7.65. The fourth-order valence-corrected chi connectivity index (χ4v) is 3.83. The molecule has 4 rings (SSSR count). The fourth-order valence-electron chi connectivity index (χ4n) is 3.83. The van der Waals surface area contributed by atoms with E-state index in [9.17, 15) is 0 Å². The first kappa shape index (κ1) is 11.7. The van der Waals surface area contributed by atoms with E-state index >= 15 is 0 Å². The van der Waals surface area contributed by atoms with Gasteiger partial charge in [-0.2, -0.15) is 10.1 Å². The van der Waals surface area contributed by atoms with Crippen LogP contribution >= 0.6 is 0 Å². The van der Waals surface area contributed by atoms with Crippen molar-refractivity contribution in [2.45, 2.75) is 50.5 Å².